The molecule has 0 bridgehead atoms. The summed E-state index contributed by atoms with van der Waals surface area (Å²) in [6, 6.07) is 14.9. The lowest BCUT2D eigenvalue weighted by atomic mass is 9.66. The third kappa shape index (κ3) is 3.05. The van der Waals surface area contributed by atoms with Crippen LogP contribution in [-0.4, -0.2) is 23.1 Å². The minimum atomic E-state index is -0.738. The van der Waals surface area contributed by atoms with Crippen LogP contribution in [0.3, 0.4) is 0 Å². The van der Waals surface area contributed by atoms with E-state index >= 15 is 0 Å². The molecular weight excluding hydrogens is 376 g/mol. The minimum Gasteiger partial charge on any atom is -0.451 e. The molecule has 0 unspecified atom stereocenters. The Morgan fingerprint density at radius 3 is 1.20 bits per heavy atom. The van der Waals surface area contributed by atoms with E-state index in [4.69, 9.17) is 9.47 Å². The van der Waals surface area contributed by atoms with Crippen LogP contribution in [0.25, 0.3) is 11.1 Å². The van der Waals surface area contributed by atoms with Crippen molar-refractivity contribution in [3.63, 3.8) is 0 Å². The molecule has 2 aliphatic carbocycles. The predicted molar refractivity (Wildman–Crippen MR) is 114 cm³/mol. The van der Waals surface area contributed by atoms with Crippen molar-refractivity contribution in [3.8, 4) is 11.1 Å². The van der Waals surface area contributed by atoms with E-state index in [1.54, 1.807) is 0 Å². The number of carbonyl (C=O) groups is 2. The molecule has 2 fully saturated rings. The Kier molecular flexibility index (Phi) is 4.88. The van der Waals surface area contributed by atoms with E-state index in [9.17, 15) is 9.59 Å². The summed E-state index contributed by atoms with van der Waals surface area (Å²) >= 11 is 0. The molecule has 4 heteroatoms. The van der Waals surface area contributed by atoms with Crippen molar-refractivity contribution >= 4 is 11.9 Å². The Morgan fingerprint density at radius 1 is 0.500 bits per heavy atom. The number of benzene rings is 2. The van der Waals surface area contributed by atoms with Gasteiger partial charge in [-0.2, -0.15) is 0 Å². The Bertz CT molecular complexity index is 885. The van der Waals surface area contributed by atoms with E-state index in [1.165, 1.54) is 0 Å². The molecule has 4 nitrogen and oxygen atoms in total. The van der Waals surface area contributed by atoms with E-state index in [0.717, 1.165) is 75.3 Å². The van der Waals surface area contributed by atoms with Crippen LogP contribution in [0.2, 0.25) is 0 Å². The standard InChI is InChI=1S/C26H28O4/c27-23-21-13-5-3-11-19(21)20-12-4-6-14-22(20)24(28)30-26(17-9-2-10-18-26)25(29-23)15-7-1-8-16-25/h3-6,11-14H,1-2,7-10,15-18H2. The summed E-state index contributed by atoms with van der Waals surface area (Å²) in [7, 11) is 0. The lowest BCUT2D eigenvalue weighted by molar-refractivity contribution is -0.186. The summed E-state index contributed by atoms with van der Waals surface area (Å²) in [4.78, 5) is 27.1. The lowest BCUT2D eigenvalue weighted by Crippen LogP contribution is -2.61. The molecule has 1 heterocycles. The zero-order valence-electron chi connectivity index (χ0n) is 17.3. The molecule has 0 atom stereocenters. The maximum absolute atomic E-state index is 13.6. The summed E-state index contributed by atoms with van der Waals surface area (Å²) in [6.45, 7) is 0. The molecule has 0 radical (unpaired) electrons. The van der Waals surface area contributed by atoms with E-state index < -0.39 is 11.2 Å². The van der Waals surface area contributed by atoms with Gasteiger partial charge in [0.25, 0.3) is 0 Å². The van der Waals surface area contributed by atoms with Gasteiger partial charge in [0.1, 0.15) is 0 Å². The molecule has 156 valence electrons. The Hall–Kier alpha value is -2.62. The minimum absolute atomic E-state index is 0.301. The van der Waals surface area contributed by atoms with Gasteiger partial charge in [-0.1, -0.05) is 49.2 Å². The molecule has 0 amide bonds. The van der Waals surface area contributed by atoms with Gasteiger partial charge in [0.05, 0.1) is 11.1 Å². The van der Waals surface area contributed by atoms with Crippen LogP contribution in [-0.2, 0) is 9.47 Å². The molecule has 1 aliphatic heterocycles. The van der Waals surface area contributed by atoms with Gasteiger partial charge in [-0.25, -0.2) is 9.59 Å². The van der Waals surface area contributed by atoms with Gasteiger partial charge in [-0.15, -0.1) is 0 Å². The van der Waals surface area contributed by atoms with E-state index in [1.807, 2.05) is 48.5 Å². The highest BCUT2D eigenvalue weighted by atomic mass is 16.6. The summed E-state index contributed by atoms with van der Waals surface area (Å²) < 4.78 is 12.8. The zero-order valence-corrected chi connectivity index (χ0v) is 17.3. The van der Waals surface area contributed by atoms with Crippen molar-refractivity contribution in [1.82, 2.24) is 0 Å². The fourth-order valence-corrected chi connectivity index (χ4v) is 5.80. The number of ether oxygens (including phenoxy) is 2. The number of hydrogen-bond donors (Lipinski definition) is 0. The Labute approximate surface area is 177 Å². The number of fused-ring (bicyclic) bond motifs is 4. The quantitative estimate of drug-likeness (QED) is 0.499. The SMILES string of the molecule is O=C1OC2(CCCCC2)C2(CCCCC2)OC(=O)c2ccccc2-c2ccccc21. The highest BCUT2D eigenvalue weighted by Crippen LogP contribution is 2.51. The summed E-state index contributed by atoms with van der Waals surface area (Å²) in [5.74, 6) is -0.601. The average molecular weight is 405 g/mol. The molecular formula is C26H28O4. The van der Waals surface area contributed by atoms with Crippen molar-refractivity contribution < 1.29 is 19.1 Å². The third-order valence-electron chi connectivity index (χ3n) is 7.31. The van der Waals surface area contributed by atoms with Gasteiger partial charge in [-0.05, 0) is 74.6 Å². The van der Waals surface area contributed by atoms with Crippen LogP contribution in [0, 0.1) is 0 Å². The Morgan fingerprint density at radius 2 is 0.833 bits per heavy atom. The van der Waals surface area contributed by atoms with Gasteiger partial charge >= 0.3 is 11.9 Å². The van der Waals surface area contributed by atoms with Gasteiger partial charge in [-0.3, -0.25) is 0 Å². The van der Waals surface area contributed by atoms with Crippen LogP contribution in [0.1, 0.15) is 84.9 Å². The van der Waals surface area contributed by atoms with Gasteiger partial charge < -0.3 is 9.47 Å². The fourth-order valence-electron chi connectivity index (χ4n) is 5.80. The topological polar surface area (TPSA) is 52.6 Å². The van der Waals surface area contributed by atoms with Crippen LogP contribution in [0.15, 0.2) is 48.5 Å². The number of hydrogen-bond acceptors (Lipinski definition) is 4. The first-order valence-corrected chi connectivity index (χ1v) is 11.3. The van der Waals surface area contributed by atoms with Crippen molar-refractivity contribution in [2.45, 2.75) is 75.4 Å². The second-order valence-electron chi connectivity index (χ2n) is 8.98. The highest BCUT2D eigenvalue weighted by Gasteiger charge is 2.58. The van der Waals surface area contributed by atoms with Gasteiger partial charge in [0.2, 0.25) is 0 Å². The highest BCUT2D eigenvalue weighted by molar-refractivity contribution is 6.03. The number of esters is 2. The molecule has 2 spiro atoms. The first-order valence-electron chi connectivity index (χ1n) is 11.3. The molecule has 2 aromatic rings. The van der Waals surface area contributed by atoms with Crippen molar-refractivity contribution in [2.24, 2.45) is 0 Å². The first kappa shape index (κ1) is 19.3. The number of carbonyl (C=O) groups excluding carboxylic acids is 2. The summed E-state index contributed by atoms with van der Waals surface area (Å²) in [6.07, 6.45) is 9.26. The molecule has 5 rings (SSSR count). The fraction of sp³-hybridized carbons (Fsp3) is 0.462. The molecule has 0 saturated heterocycles. The van der Waals surface area contributed by atoms with Crippen molar-refractivity contribution in [1.29, 1.82) is 0 Å². The molecule has 0 N–H and O–H groups in total. The second-order valence-corrected chi connectivity index (χ2v) is 8.98. The van der Waals surface area contributed by atoms with Crippen LogP contribution >= 0.6 is 0 Å². The maximum atomic E-state index is 13.6. The first-order chi connectivity index (χ1) is 14.6. The lowest BCUT2D eigenvalue weighted by Gasteiger charge is -2.52. The Balaban J connectivity index is 1.72. The largest absolute Gasteiger partial charge is 0.451 e. The van der Waals surface area contributed by atoms with E-state index in [0.29, 0.717) is 11.1 Å². The molecule has 0 aromatic heterocycles. The van der Waals surface area contributed by atoms with Gasteiger partial charge in [0.15, 0.2) is 11.2 Å². The van der Waals surface area contributed by atoms with Crippen molar-refractivity contribution in [3.05, 3.63) is 59.7 Å². The normalized spacial score (nSPS) is 22.5. The molecule has 2 saturated carbocycles. The summed E-state index contributed by atoms with van der Waals surface area (Å²) in [5.41, 5.74) is 1.02. The van der Waals surface area contributed by atoms with E-state index in [2.05, 4.69) is 0 Å². The maximum Gasteiger partial charge on any atom is 0.339 e. The van der Waals surface area contributed by atoms with E-state index in [-0.39, 0.29) is 11.9 Å². The average Bonchev–Trinajstić information content (AvgIpc) is 2.79. The predicted octanol–water partition coefficient (Wildman–Crippen LogP) is 6.09. The zero-order chi connectivity index (χ0) is 20.6. The molecule has 3 aliphatic rings. The van der Waals surface area contributed by atoms with Crippen LogP contribution in [0.5, 0.6) is 0 Å². The van der Waals surface area contributed by atoms with Crippen LogP contribution < -0.4 is 0 Å². The molecule has 2 aromatic carbocycles. The smallest absolute Gasteiger partial charge is 0.339 e. The third-order valence-corrected chi connectivity index (χ3v) is 7.31. The number of rotatable bonds is 0. The monoisotopic (exact) mass is 404 g/mol. The summed E-state index contributed by atoms with van der Waals surface area (Å²) in [5, 5.41) is 0. The second kappa shape index (κ2) is 7.57. The van der Waals surface area contributed by atoms with Crippen molar-refractivity contribution in [2.75, 3.05) is 0 Å². The van der Waals surface area contributed by atoms with Crippen LogP contribution in [0.4, 0.5) is 0 Å². The molecule has 30 heavy (non-hydrogen) atoms. The van der Waals surface area contributed by atoms with Gasteiger partial charge in [0, 0.05) is 0 Å².